The van der Waals surface area contributed by atoms with E-state index in [0.29, 0.717) is 6.54 Å². The number of rotatable bonds is 3. The molecule has 0 saturated carbocycles. The number of nitriles is 1. The van der Waals surface area contributed by atoms with Crippen LogP contribution in [0.5, 0.6) is 0 Å². The average molecular weight is 170 g/mol. The zero-order valence-corrected chi connectivity index (χ0v) is 7.36. The van der Waals surface area contributed by atoms with Crippen LogP contribution in [0.1, 0.15) is 6.92 Å². The summed E-state index contributed by atoms with van der Waals surface area (Å²) in [6.07, 6.45) is 1.80. The molecule has 0 radical (unpaired) electrons. The number of carbonyl (C=O) groups is 1. The van der Waals surface area contributed by atoms with Gasteiger partial charge in [0.25, 0.3) is 5.91 Å². The number of likely N-dealkylation sites (N-methyl/N-ethyl adjacent to an activating group) is 1. The first-order valence-corrected chi connectivity index (χ1v) is 4.46. The second-order valence-corrected chi connectivity index (χ2v) is 2.45. The molecule has 0 heterocycles. The third-order valence-corrected chi connectivity index (χ3v) is 1.41. The van der Waals surface area contributed by atoms with E-state index in [4.69, 9.17) is 5.26 Å². The smallest absolute Gasteiger partial charge is 0.262 e. The van der Waals surface area contributed by atoms with Gasteiger partial charge in [0.15, 0.2) is 0 Å². The van der Waals surface area contributed by atoms with Crippen molar-refractivity contribution in [2.24, 2.45) is 0 Å². The Kier molecular flexibility index (Phi) is 5.30. The molecule has 1 N–H and O–H groups in total. The minimum absolute atomic E-state index is 0.166. The number of carbonyl (C=O) groups excluding carboxylic acids is 1. The van der Waals surface area contributed by atoms with Crippen molar-refractivity contribution in [2.45, 2.75) is 6.92 Å². The molecule has 0 saturated heterocycles. The maximum Gasteiger partial charge on any atom is 0.262 e. The fourth-order valence-corrected chi connectivity index (χ4v) is 0.900. The molecule has 60 valence electrons. The maximum absolute atomic E-state index is 10.9. The van der Waals surface area contributed by atoms with Gasteiger partial charge in [0.05, 0.1) is 0 Å². The van der Waals surface area contributed by atoms with E-state index < -0.39 is 0 Å². The Morgan fingerprint density at radius 3 is 2.82 bits per heavy atom. The second kappa shape index (κ2) is 5.81. The van der Waals surface area contributed by atoms with Crippen LogP contribution in [0.15, 0.2) is 11.0 Å². The zero-order chi connectivity index (χ0) is 8.69. The summed E-state index contributed by atoms with van der Waals surface area (Å²) in [7, 11) is 0. The van der Waals surface area contributed by atoms with Crippen LogP contribution in [-0.2, 0) is 4.79 Å². The van der Waals surface area contributed by atoms with Crippen molar-refractivity contribution < 1.29 is 4.79 Å². The highest BCUT2D eigenvalue weighted by molar-refractivity contribution is 8.01. The van der Waals surface area contributed by atoms with E-state index in [1.54, 1.807) is 6.26 Å². The van der Waals surface area contributed by atoms with Crippen molar-refractivity contribution in [3.63, 3.8) is 0 Å². The second-order valence-electron chi connectivity index (χ2n) is 1.74. The predicted octanol–water partition coefficient (Wildman–Crippen LogP) is 0.893. The van der Waals surface area contributed by atoms with Gasteiger partial charge in [0.1, 0.15) is 11.6 Å². The highest BCUT2D eigenvalue weighted by Crippen LogP contribution is 2.01. The Balaban J connectivity index is 4.18. The van der Waals surface area contributed by atoms with Gasteiger partial charge in [-0.2, -0.15) is 5.26 Å². The molecule has 3 nitrogen and oxygen atoms in total. The maximum atomic E-state index is 10.9. The van der Waals surface area contributed by atoms with Crippen molar-refractivity contribution in [1.29, 1.82) is 5.26 Å². The van der Waals surface area contributed by atoms with E-state index in [9.17, 15) is 4.79 Å². The summed E-state index contributed by atoms with van der Waals surface area (Å²) >= 11 is 1.34. The number of thioether (sulfide) groups is 1. The van der Waals surface area contributed by atoms with Crippen molar-refractivity contribution >= 4 is 17.7 Å². The molecule has 11 heavy (non-hydrogen) atoms. The molecule has 0 spiro atoms. The summed E-state index contributed by atoms with van der Waals surface area (Å²) in [6.45, 7) is 2.36. The minimum atomic E-state index is -0.302. The van der Waals surface area contributed by atoms with Crippen molar-refractivity contribution in [3.05, 3.63) is 11.0 Å². The molecule has 0 aromatic rings. The molecule has 0 aromatic carbocycles. The van der Waals surface area contributed by atoms with Gasteiger partial charge in [-0.05, 0) is 18.6 Å². The summed E-state index contributed by atoms with van der Waals surface area (Å²) in [4.78, 5) is 10.9. The van der Waals surface area contributed by atoms with Crippen molar-refractivity contribution in [2.75, 3.05) is 12.8 Å². The summed E-state index contributed by atoms with van der Waals surface area (Å²) < 4.78 is 0. The first-order chi connectivity index (χ1) is 5.26. The van der Waals surface area contributed by atoms with Crippen molar-refractivity contribution in [3.8, 4) is 6.07 Å². The Labute approximate surface area is 70.5 Å². The van der Waals surface area contributed by atoms with E-state index in [-0.39, 0.29) is 11.5 Å². The van der Waals surface area contributed by atoms with Crippen LogP contribution in [0, 0.1) is 11.3 Å². The largest absolute Gasteiger partial charge is 0.352 e. The molecular formula is C7H10N2OS. The van der Waals surface area contributed by atoms with Gasteiger partial charge in [0, 0.05) is 6.54 Å². The lowest BCUT2D eigenvalue weighted by molar-refractivity contribution is -0.117. The molecule has 0 atom stereocenters. The van der Waals surface area contributed by atoms with Crippen LogP contribution in [-0.4, -0.2) is 18.7 Å². The first-order valence-electron chi connectivity index (χ1n) is 3.17. The molecule has 1 amide bonds. The Morgan fingerprint density at radius 2 is 2.45 bits per heavy atom. The third kappa shape index (κ3) is 3.68. The van der Waals surface area contributed by atoms with Gasteiger partial charge in [-0.1, -0.05) is 0 Å². The van der Waals surface area contributed by atoms with Gasteiger partial charge >= 0.3 is 0 Å². The van der Waals surface area contributed by atoms with Gasteiger partial charge in [-0.15, -0.1) is 11.8 Å². The molecule has 0 aliphatic rings. The molecule has 0 unspecified atom stereocenters. The molecule has 0 aliphatic heterocycles. The summed E-state index contributed by atoms with van der Waals surface area (Å²) in [5, 5.41) is 12.5. The average Bonchev–Trinajstić information content (AvgIpc) is 2.00. The SMILES string of the molecule is CCNC(=O)/C(C#N)=C\SC. The van der Waals surface area contributed by atoms with Crippen LogP contribution in [0.25, 0.3) is 0 Å². The molecule has 0 bridgehead atoms. The van der Waals surface area contributed by atoms with Gasteiger partial charge in [0.2, 0.25) is 0 Å². The lowest BCUT2D eigenvalue weighted by atomic mass is 10.3. The number of hydrogen-bond donors (Lipinski definition) is 1. The highest BCUT2D eigenvalue weighted by atomic mass is 32.2. The predicted molar refractivity (Wildman–Crippen MR) is 45.9 cm³/mol. The number of hydrogen-bond acceptors (Lipinski definition) is 3. The third-order valence-electron chi connectivity index (χ3n) is 0.938. The number of nitrogens with zero attached hydrogens (tertiary/aromatic N) is 1. The van der Waals surface area contributed by atoms with Gasteiger partial charge in [-0.25, -0.2) is 0 Å². The van der Waals surface area contributed by atoms with Crippen LogP contribution < -0.4 is 5.32 Å². The number of amides is 1. The van der Waals surface area contributed by atoms with Crippen molar-refractivity contribution in [1.82, 2.24) is 5.32 Å². The molecule has 0 aliphatic carbocycles. The van der Waals surface area contributed by atoms with E-state index in [0.717, 1.165) is 0 Å². The van der Waals surface area contributed by atoms with Crippen LogP contribution in [0.2, 0.25) is 0 Å². The fraction of sp³-hybridized carbons (Fsp3) is 0.429. The molecule has 0 fully saturated rings. The Hall–Kier alpha value is -0.950. The number of nitrogens with one attached hydrogen (secondary N) is 1. The lowest BCUT2D eigenvalue weighted by Gasteiger charge is -1.97. The summed E-state index contributed by atoms with van der Waals surface area (Å²) in [5.74, 6) is -0.302. The monoisotopic (exact) mass is 170 g/mol. The summed E-state index contributed by atoms with van der Waals surface area (Å²) in [6, 6.07) is 1.82. The molecular weight excluding hydrogens is 160 g/mol. The molecule has 0 rings (SSSR count). The van der Waals surface area contributed by atoms with Crippen LogP contribution in [0.4, 0.5) is 0 Å². The highest BCUT2D eigenvalue weighted by Gasteiger charge is 2.04. The van der Waals surface area contributed by atoms with Crippen LogP contribution in [0.3, 0.4) is 0 Å². The van der Waals surface area contributed by atoms with E-state index >= 15 is 0 Å². The van der Waals surface area contributed by atoms with E-state index in [1.807, 2.05) is 13.0 Å². The lowest BCUT2D eigenvalue weighted by Crippen LogP contribution is -2.23. The normalized spacial score (nSPS) is 10.5. The quantitative estimate of drug-likeness (QED) is 0.505. The van der Waals surface area contributed by atoms with E-state index in [2.05, 4.69) is 5.32 Å². The molecule has 0 aromatic heterocycles. The fourth-order valence-electron chi connectivity index (χ4n) is 0.504. The van der Waals surface area contributed by atoms with Gasteiger partial charge in [-0.3, -0.25) is 4.79 Å². The minimum Gasteiger partial charge on any atom is -0.352 e. The standard InChI is InChI=1S/C7H10N2OS/c1-3-9-7(10)6(4-8)5-11-2/h5H,3H2,1-2H3,(H,9,10)/b6-5-. The molecule has 4 heteroatoms. The Bertz CT molecular complexity index is 205. The van der Waals surface area contributed by atoms with Gasteiger partial charge < -0.3 is 5.32 Å². The summed E-state index contributed by atoms with van der Waals surface area (Å²) in [5.41, 5.74) is 0.166. The zero-order valence-electron chi connectivity index (χ0n) is 6.55. The first kappa shape index (κ1) is 10.0. The Morgan fingerprint density at radius 1 is 1.82 bits per heavy atom. The topological polar surface area (TPSA) is 52.9 Å². The van der Waals surface area contributed by atoms with E-state index in [1.165, 1.54) is 17.2 Å². The van der Waals surface area contributed by atoms with Crippen LogP contribution >= 0.6 is 11.8 Å².